The second kappa shape index (κ2) is 5.31. The van der Waals surface area contributed by atoms with Crippen molar-refractivity contribution in [3.05, 3.63) is 34.5 Å². The smallest absolute Gasteiger partial charge is 0.376 e. The minimum Gasteiger partial charge on any atom is -0.478 e. The highest BCUT2D eigenvalue weighted by Crippen LogP contribution is 2.17. The van der Waals surface area contributed by atoms with E-state index in [1.807, 2.05) is 0 Å². The molecule has 8 heteroatoms. The number of methoxy groups -OCH3 is 1. The maximum absolute atomic E-state index is 11.5. The number of esters is 1. The number of nitrogens with zero attached hydrogens (tertiary/aromatic N) is 4. The molecule has 0 saturated heterocycles. The van der Waals surface area contributed by atoms with Gasteiger partial charge in [-0.2, -0.15) is 5.10 Å². The molecule has 2 aromatic rings. The van der Waals surface area contributed by atoms with E-state index in [0.717, 1.165) is 0 Å². The second-order valence-electron chi connectivity index (χ2n) is 4.45. The van der Waals surface area contributed by atoms with Gasteiger partial charge in [-0.25, -0.2) is 24.2 Å². The molecule has 0 bridgehead atoms. The third-order valence-electron chi connectivity index (χ3n) is 2.93. The fourth-order valence-electron chi connectivity index (χ4n) is 2.02. The number of hydrogen-bond acceptors (Lipinski definition) is 6. The van der Waals surface area contributed by atoms with Gasteiger partial charge in [0.25, 0.3) is 0 Å². The summed E-state index contributed by atoms with van der Waals surface area (Å²) in [5.41, 5.74) is 1.46. The van der Waals surface area contributed by atoms with E-state index >= 15 is 0 Å². The largest absolute Gasteiger partial charge is 0.478 e. The van der Waals surface area contributed by atoms with Gasteiger partial charge in [-0.15, -0.1) is 0 Å². The first kappa shape index (κ1) is 14.6. The number of ether oxygens (including phenoxy) is 1. The topological polar surface area (TPSA) is 107 Å². The first-order valence-electron chi connectivity index (χ1n) is 6.09. The molecule has 0 aliphatic carbocycles. The van der Waals surface area contributed by atoms with Crippen LogP contribution in [0.3, 0.4) is 0 Å². The molecule has 0 unspecified atom stereocenters. The zero-order valence-corrected chi connectivity index (χ0v) is 12.0. The Morgan fingerprint density at radius 2 is 1.90 bits per heavy atom. The van der Waals surface area contributed by atoms with Gasteiger partial charge in [-0.3, -0.25) is 0 Å². The molecule has 21 heavy (non-hydrogen) atoms. The van der Waals surface area contributed by atoms with E-state index in [0.29, 0.717) is 22.9 Å². The van der Waals surface area contributed by atoms with Gasteiger partial charge in [0.05, 0.1) is 18.5 Å². The lowest BCUT2D eigenvalue weighted by molar-refractivity contribution is 0.0585. The molecule has 110 valence electrons. The number of aromatic carboxylic acids is 1. The van der Waals surface area contributed by atoms with Crippen molar-refractivity contribution in [3.63, 3.8) is 0 Å². The monoisotopic (exact) mass is 290 g/mol. The summed E-state index contributed by atoms with van der Waals surface area (Å²) in [5.74, 6) is -1.51. The predicted molar refractivity (Wildman–Crippen MR) is 71.7 cm³/mol. The zero-order chi connectivity index (χ0) is 15.7. The Balaban J connectivity index is 2.62. The summed E-state index contributed by atoms with van der Waals surface area (Å²) >= 11 is 0. The van der Waals surface area contributed by atoms with Crippen molar-refractivity contribution in [1.82, 2.24) is 19.7 Å². The lowest BCUT2D eigenvalue weighted by Crippen LogP contribution is -2.12. The van der Waals surface area contributed by atoms with Crippen molar-refractivity contribution in [1.29, 1.82) is 0 Å². The molecule has 0 atom stereocenters. The number of aryl methyl sites for hydroxylation is 2. The average molecular weight is 290 g/mol. The molecule has 0 spiro atoms. The molecule has 0 amide bonds. The van der Waals surface area contributed by atoms with Gasteiger partial charge in [0.15, 0.2) is 5.82 Å². The van der Waals surface area contributed by atoms with Gasteiger partial charge in [-0.1, -0.05) is 0 Å². The fourth-order valence-corrected chi connectivity index (χ4v) is 2.02. The molecule has 0 radical (unpaired) electrons. The van der Waals surface area contributed by atoms with E-state index in [1.54, 1.807) is 26.8 Å². The Morgan fingerprint density at radius 3 is 2.43 bits per heavy atom. The summed E-state index contributed by atoms with van der Waals surface area (Å²) in [5, 5.41) is 13.3. The Hall–Kier alpha value is -2.77. The highest BCUT2D eigenvalue weighted by molar-refractivity contribution is 5.90. The quantitative estimate of drug-likeness (QED) is 0.842. The number of rotatable bonds is 3. The lowest BCUT2D eigenvalue weighted by Gasteiger charge is -2.06. The summed E-state index contributed by atoms with van der Waals surface area (Å²) in [6.45, 7) is 4.92. The minimum atomic E-state index is -1.06. The third-order valence-corrected chi connectivity index (χ3v) is 2.93. The number of carbonyl (C=O) groups is 2. The van der Waals surface area contributed by atoms with Crippen molar-refractivity contribution in [2.45, 2.75) is 20.8 Å². The standard InChI is InChI=1S/C13H14N4O4/c1-6-5-9(15-11(14-6)13(20)21-4)17-8(3)10(12(18)19)7(2)16-17/h5H,1-4H3,(H,18,19). The van der Waals surface area contributed by atoms with Crippen LogP contribution in [-0.4, -0.2) is 43.9 Å². The van der Waals surface area contributed by atoms with Gasteiger partial charge in [0.2, 0.25) is 5.82 Å². The Labute approximate surface area is 120 Å². The van der Waals surface area contributed by atoms with Gasteiger partial charge < -0.3 is 9.84 Å². The van der Waals surface area contributed by atoms with Crippen molar-refractivity contribution >= 4 is 11.9 Å². The molecular weight excluding hydrogens is 276 g/mol. The molecule has 0 fully saturated rings. The summed E-state index contributed by atoms with van der Waals surface area (Å²) in [4.78, 5) is 30.8. The molecule has 0 aliphatic heterocycles. The number of aromatic nitrogens is 4. The van der Waals surface area contributed by atoms with Crippen LogP contribution in [0.5, 0.6) is 0 Å². The van der Waals surface area contributed by atoms with Crippen LogP contribution in [0.4, 0.5) is 0 Å². The first-order chi connectivity index (χ1) is 9.85. The molecular formula is C13H14N4O4. The maximum Gasteiger partial charge on any atom is 0.376 e. The molecule has 1 N–H and O–H groups in total. The molecule has 8 nitrogen and oxygen atoms in total. The maximum atomic E-state index is 11.5. The number of hydrogen-bond donors (Lipinski definition) is 1. The molecule has 2 rings (SSSR count). The van der Waals surface area contributed by atoms with Crippen molar-refractivity contribution in [2.75, 3.05) is 7.11 Å². The van der Waals surface area contributed by atoms with Crippen molar-refractivity contribution < 1.29 is 19.4 Å². The van der Waals surface area contributed by atoms with Crippen LogP contribution in [0.15, 0.2) is 6.07 Å². The summed E-state index contributed by atoms with van der Waals surface area (Å²) in [6, 6.07) is 1.61. The summed E-state index contributed by atoms with van der Waals surface area (Å²) < 4.78 is 5.97. The lowest BCUT2D eigenvalue weighted by atomic mass is 10.2. The Bertz CT molecular complexity index is 736. The van der Waals surface area contributed by atoms with E-state index in [9.17, 15) is 14.7 Å². The van der Waals surface area contributed by atoms with Crippen LogP contribution in [0.25, 0.3) is 5.82 Å². The number of carbonyl (C=O) groups excluding carboxylic acids is 1. The normalized spacial score (nSPS) is 10.5. The van der Waals surface area contributed by atoms with Crippen LogP contribution in [0.1, 0.15) is 38.1 Å². The number of carboxylic acid groups (broad SMARTS) is 1. The van der Waals surface area contributed by atoms with Gasteiger partial charge in [0, 0.05) is 11.8 Å². The van der Waals surface area contributed by atoms with Crippen LogP contribution in [0.2, 0.25) is 0 Å². The Morgan fingerprint density at radius 1 is 1.24 bits per heavy atom. The van der Waals surface area contributed by atoms with E-state index in [-0.39, 0.29) is 11.4 Å². The van der Waals surface area contributed by atoms with Crippen LogP contribution >= 0.6 is 0 Å². The highest BCUT2D eigenvalue weighted by Gasteiger charge is 2.20. The SMILES string of the molecule is COC(=O)c1nc(C)cc(-n2nc(C)c(C(=O)O)c2C)n1. The molecule has 0 aliphatic rings. The molecule has 0 saturated carbocycles. The van der Waals surface area contributed by atoms with Crippen LogP contribution in [-0.2, 0) is 4.74 Å². The fraction of sp³-hybridized carbons (Fsp3) is 0.308. The van der Waals surface area contributed by atoms with Crippen molar-refractivity contribution in [3.8, 4) is 5.82 Å². The first-order valence-corrected chi connectivity index (χ1v) is 6.09. The van der Waals surface area contributed by atoms with Crippen LogP contribution < -0.4 is 0 Å². The molecule has 0 aromatic carbocycles. The second-order valence-corrected chi connectivity index (χ2v) is 4.45. The van der Waals surface area contributed by atoms with Gasteiger partial charge >= 0.3 is 11.9 Å². The van der Waals surface area contributed by atoms with Gasteiger partial charge in [0.1, 0.15) is 5.56 Å². The van der Waals surface area contributed by atoms with Crippen molar-refractivity contribution in [2.24, 2.45) is 0 Å². The summed E-state index contributed by atoms with van der Waals surface area (Å²) in [7, 11) is 1.24. The highest BCUT2D eigenvalue weighted by atomic mass is 16.5. The average Bonchev–Trinajstić information content (AvgIpc) is 2.72. The van der Waals surface area contributed by atoms with E-state index in [4.69, 9.17) is 0 Å². The van der Waals surface area contributed by atoms with E-state index in [2.05, 4.69) is 19.8 Å². The predicted octanol–water partition coefficient (Wildman–Crippen LogP) is 1.07. The molecule has 2 heterocycles. The molecule has 2 aromatic heterocycles. The van der Waals surface area contributed by atoms with E-state index in [1.165, 1.54) is 11.8 Å². The third kappa shape index (κ3) is 2.60. The minimum absolute atomic E-state index is 0.100. The van der Waals surface area contributed by atoms with Crippen LogP contribution in [0, 0.1) is 20.8 Å². The van der Waals surface area contributed by atoms with E-state index < -0.39 is 11.9 Å². The van der Waals surface area contributed by atoms with Gasteiger partial charge in [-0.05, 0) is 20.8 Å². The number of carboxylic acids is 1. The Kier molecular flexibility index (Phi) is 3.70. The zero-order valence-electron chi connectivity index (χ0n) is 12.0. The summed E-state index contributed by atoms with van der Waals surface area (Å²) in [6.07, 6.45) is 0.